The maximum Gasteiger partial charge on any atom is 0.271 e. The van der Waals surface area contributed by atoms with Crippen molar-refractivity contribution in [2.75, 3.05) is 6.26 Å². The van der Waals surface area contributed by atoms with Crippen molar-refractivity contribution >= 4 is 45.1 Å². The molecule has 0 bridgehead atoms. The zero-order valence-electron chi connectivity index (χ0n) is 15.2. The summed E-state index contributed by atoms with van der Waals surface area (Å²) in [6, 6.07) is 7.80. The van der Waals surface area contributed by atoms with Crippen molar-refractivity contribution in [1.29, 1.82) is 0 Å². The molecule has 1 unspecified atom stereocenters. The van der Waals surface area contributed by atoms with E-state index >= 15 is 0 Å². The lowest BCUT2D eigenvalue weighted by Gasteiger charge is -2.13. The van der Waals surface area contributed by atoms with Gasteiger partial charge in [-0.3, -0.25) is 4.55 Å². The summed E-state index contributed by atoms with van der Waals surface area (Å²) in [6.07, 6.45) is 4.81. The Kier molecular flexibility index (Phi) is 6.65. The van der Waals surface area contributed by atoms with E-state index in [1.807, 2.05) is 6.26 Å². The van der Waals surface area contributed by atoms with Crippen LogP contribution in [0.4, 0.5) is 0 Å². The fourth-order valence-corrected chi connectivity index (χ4v) is 3.74. The van der Waals surface area contributed by atoms with Crippen molar-refractivity contribution in [3.63, 3.8) is 0 Å². The van der Waals surface area contributed by atoms with Gasteiger partial charge in [0.15, 0.2) is 10.9 Å². The van der Waals surface area contributed by atoms with Crippen LogP contribution in [0.2, 0.25) is 10.0 Å². The number of ether oxygens (including phenoxy) is 1. The number of thioether (sulfide) groups is 1. The normalized spacial score (nSPS) is 12.6. The number of hydrogen-bond acceptors (Lipinski definition) is 7. The molecule has 3 rings (SSSR count). The Labute approximate surface area is 182 Å². The zero-order valence-corrected chi connectivity index (χ0v) is 18.3. The average molecular weight is 472 g/mol. The minimum atomic E-state index is -4.33. The van der Waals surface area contributed by atoms with E-state index in [2.05, 4.69) is 15.0 Å². The predicted octanol–water partition coefficient (Wildman–Crippen LogP) is 5.31. The Hall–Kier alpha value is -1.91. The largest absolute Gasteiger partial charge is 0.436 e. The van der Waals surface area contributed by atoms with E-state index in [1.54, 1.807) is 18.2 Å². The summed E-state index contributed by atoms with van der Waals surface area (Å²) in [7, 11) is -4.33. The van der Waals surface area contributed by atoms with Gasteiger partial charge in [0.2, 0.25) is 5.88 Å². The zero-order chi connectivity index (χ0) is 21.2. The topological polar surface area (TPSA) is 102 Å². The lowest BCUT2D eigenvalue weighted by Crippen LogP contribution is -2.09. The first kappa shape index (κ1) is 21.8. The summed E-state index contributed by atoms with van der Waals surface area (Å²) in [5.41, 5.74) is 1.22. The second-order valence-electron chi connectivity index (χ2n) is 5.95. The van der Waals surface area contributed by atoms with Crippen LogP contribution < -0.4 is 4.74 Å². The second-order valence-corrected chi connectivity index (χ2v) is 9.33. The van der Waals surface area contributed by atoms with Gasteiger partial charge in [-0.25, -0.2) is 15.0 Å². The van der Waals surface area contributed by atoms with Crippen LogP contribution in [0.25, 0.3) is 11.3 Å². The van der Waals surface area contributed by atoms with Gasteiger partial charge in [-0.05, 0) is 43.0 Å². The lowest BCUT2D eigenvalue weighted by atomic mass is 10.1. The quantitative estimate of drug-likeness (QED) is 0.293. The lowest BCUT2D eigenvalue weighted by molar-refractivity contribution is 0.455. The first-order valence-corrected chi connectivity index (χ1v) is 11.6. The Bertz CT molecular complexity index is 1120. The molecule has 0 fully saturated rings. The Morgan fingerprint density at radius 2 is 1.69 bits per heavy atom. The fraction of sp³-hybridized carbons (Fsp3) is 0.167. The predicted molar refractivity (Wildman–Crippen MR) is 114 cm³/mol. The van der Waals surface area contributed by atoms with E-state index in [9.17, 15) is 13.0 Å². The number of nitrogens with zero attached hydrogens (tertiary/aromatic N) is 3. The monoisotopic (exact) mass is 471 g/mol. The molecule has 1 aromatic carbocycles. The standard InChI is InChI=1S/C18H15Cl2N3O4S2/c1-10(29(24,25)26)11-5-16(12-3-13(19)7-14(20)4-12)23-17(6-11)27-15-8-21-18(28-2)22-9-15/h3-10H,1-2H3,(H,24,25,26). The highest BCUT2D eigenvalue weighted by Crippen LogP contribution is 2.33. The van der Waals surface area contributed by atoms with Gasteiger partial charge in [0.25, 0.3) is 10.1 Å². The molecule has 0 aliphatic heterocycles. The first-order valence-electron chi connectivity index (χ1n) is 8.14. The van der Waals surface area contributed by atoms with Crippen LogP contribution in [0.5, 0.6) is 11.6 Å². The van der Waals surface area contributed by atoms with Crippen molar-refractivity contribution in [2.24, 2.45) is 0 Å². The molecule has 29 heavy (non-hydrogen) atoms. The fourth-order valence-electron chi connectivity index (χ4n) is 2.42. The third-order valence-corrected chi connectivity index (χ3v) is 6.09. The van der Waals surface area contributed by atoms with Gasteiger partial charge in [-0.2, -0.15) is 8.42 Å². The molecule has 0 aliphatic rings. The van der Waals surface area contributed by atoms with Gasteiger partial charge >= 0.3 is 0 Å². The van der Waals surface area contributed by atoms with Gasteiger partial charge < -0.3 is 4.74 Å². The van der Waals surface area contributed by atoms with E-state index < -0.39 is 15.4 Å². The van der Waals surface area contributed by atoms with Crippen LogP contribution in [0.3, 0.4) is 0 Å². The van der Waals surface area contributed by atoms with Crippen molar-refractivity contribution in [2.45, 2.75) is 17.3 Å². The van der Waals surface area contributed by atoms with Crippen molar-refractivity contribution in [3.8, 4) is 22.9 Å². The third-order valence-electron chi connectivity index (χ3n) is 3.91. The molecule has 0 saturated heterocycles. The van der Waals surface area contributed by atoms with Gasteiger partial charge in [-0.1, -0.05) is 35.0 Å². The molecule has 152 valence electrons. The van der Waals surface area contributed by atoms with E-state index in [-0.39, 0.29) is 11.4 Å². The van der Waals surface area contributed by atoms with Crippen molar-refractivity contribution in [3.05, 3.63) is 58.3 Å². The molecule has 2 aromatic heterocycles. The van der Waals surface area contributed by atoms with Crippen LogP contribution in [0, 0.1) is 0 Å². The summed E-state index contributed by atoms with van der Waals surface area (Å²) >= 11 is 13.5. The molecule has 0 spiro atoms. The van der Waals surface area contributed by atoms with Crippen LogP contribution >= 0.6 is 35.0 Å². The van der Waals surface area contributed by atoms with Crippen LogP contribution in [-0.2, 0) is 10.1 Å². The number of pyridine rings is 1. The van der Waals surface area contributed by atoms with E-state index in [4.69, 9.17) is 27.9 Å². The molecule has 1 N–H and O–H groups in total. The molecule has 0 aliphatic carbocycles. The van der Waals surface area contributed by atoms with E-state index in [0.717, 1.165) is 0 Å². The van der Waals surface area contributed by atoms with Crippen LogP contribution in [0.1, 0.15) is 17.7 Å². The number of rotatable bonds is 6. The van der Waals surface area contributed by atoms with E-state index in [0.29, 0.717) is 32.2 Å². The van der Waals surface area contributed by atoms with E-state index in [1.165, 1.54) is 43.2 Å². The maximum absolute atomic E-state index is 11.7. The summed E-state index contributed by atoms with van der Waals surface area (Å²) in [5, 5.41) is 0.168. The summed E-state index contributed by atoms with van der Waals surface area (Å²) in [4.78, 5) is 12.7. The molecule has 0 saturated carbocycles. The summed E-state index contributed by atoms with van der Waals surface area (Å²) < 4.78 is 38.5. The molecule has 1 atom stereocenters. The highest BCUT2D eigenvalue weighted by Gasteiger charge is 2.22. The number of halogens is 2. The SMILES string of the molecule is CSc1ncc(Oc2cc(C(C)S(=O)(=O)O)cc(-c3cc(Cl)cc(Cl)c3)n2)cn1. The summed E-state index contributed by atoms with van der Waals surface area (Å²) in [5.74, 6) is 0.423. The number of hydrogen-bond donors (Lipinski definition) is 1. The third kappa shape index (κ3) is 5.58. The molecule has 3 aromatic rings. The van der Waals surface area contributed by atoms with Crippen molar-refractivity contribution in [1.82, 2.24) is 15.0 Å². The molecule has 0 radical (unpaired) electrons. The molecular formula is C18H15Cl2N3O4S2. The average Bonchev–Trinajstić information content (AvgIpc) is 2.66. The van der Waals surface area contributed by atoms with Gasteiger partial charge in [0.1, 0.15) is 5.25 Å². The minimum absolute atomic E-state index is 0.101. The van der Waals surface area contributed by atoms with Crippen LogP contribution in [-0.4, -0.2) is 34.2 Å². The molecule has 0 amide bonds. The van der Waals surface area contributed by atoms with Gasteiger partial charge in [-0.15, -0.1) is 0 Å². The Morgan fingerprint density at radius 1 is 1.07 bits per heavy atom. The maximum atomic E-state index is 11.7. The van der Waals surface area contributed by atoms with Gasteiger partial charge in [0.05, 0.1) is 18.1 Å². The smallest absolute Gasteiger partial charge is 0.271 e. The molecule has 2 heterocycles. The number of aromatic nitrogens is 3. The minimum Gasteiger partial charge on any atom is -0.436 e. The first-order chi connectivity index (χ1) is 13.7. The highest BCUT2D eigenvalue weighted by atomic mass is 35.5. The molecule has 11 heteroatoms. The summed E-state index contributed by atoms with van der Waals surface area (Å²) in [6.45, 7) is 1.36. The molecule has 7 nitrogen and oxygen atoms in total. The molecular weight excluding hydrogens is 457 g/mol. The Balaban J connectivity index is 2.08. The Morgan fingerprint density at radius 3 is 2.24 bits per heavy atom. The number of benzene rings is 1. The van der Waals surface area contributed by atoms with Gasteiger partial charge in [0, 0.05) is 21.7 Å². The van der Waals surface area contributed by atoms with Crippen molar-refractivity contribution < 1.29 is 17.7 Å². The second kappa shape index (κ2) is 8.85. The highest BCUT2D eigenvalue weighted by molar-refractivity contribution is 7.98. The van der Waals surface area contributed by atoms with Crippen LogP contribution in [0.15, 0.2) is 47.9 Å².